The molecular formula is C53H76F6N4O16S2Si3. The molecular weight excluding hydrogens is 1210 g/mol. The number of hydrogen-bond donors (Lipinski definition) is 0. The third kappa shape index (κ3) is 15.2. The van der Waals surface area contributed by atoms with Gasteiger partial charge < -0.3 is 36.5 Å². The molecule has 0 aromatic heterocycles. The van der Waals surface area contributed by atoms with Gasteiger partial charge >= 0.3 is 31.3 Å². The summed E-state index contributed by atoms with van der Waals surface area (Å²) in [7, 11) is -17.1. The molecule has 0 saturated heterocycles. The predicted molar refractivity (Wildman–Crippen MR) is 306 cm³/mol. The first-order chi connectivity index (χ1) is 38.7. The molecule has 0 spiro atoms. The first kappa shape index (κ1) is 67.8. The molecule has 4 aliphatic rings. The van der Waals surface area contributed by atoms with Crippen molar-refractivity contribution in [2.75, 3.05) is 56.8 Å². The number of alkyl halides is 6. The van der Waals surface area contributed by atoms with E-state index >= 15 is 0 Å². The molecule has 2 aromatic carbocycles. The van der Waals surface area contributed by atoms with Crippen molar-refractivity contribution >= 4 is 79.7 Å². The zero-order chi connectivity index (χ0) is 62.9. The number of carbonyl (C=O) groups is 4. The Balaban J connectivity index is 1.27. The second-order valence-electron chi connectivity index (χ2n) is 24.3. The molecule has 0 radical (unpaired) electrons. The molecule has 2 atom stereocenters. The van der Waals surface area contributed by atoms with Gasteiger partial charge in [0.1, 0.15) is 42.8 Å². The van der Waals surface area contributed by atoms with Crippen LogP contribution in [0.5, 0.6) is 23.0 Å². The summed E-state index contributed by atoms with van der Waals surface area (Å²) in [5.41, 5.74) is -11.6. The Hall–Kier alpha value is -5.35. The zero-order valence-corrected chi connectivity index (χ0v) is 54.1. The van der Waals surface area contributed by atoms with E-state index in [0.29, 0.717) is 31.4 Å². The summed E-state index contributed by atoms with van der Waals surface area (Å²) < 4.78 is 175. The fourth-order valence-electron chi connectivity index (χ4n) is 10.3. The normalized spacial score (nSPS) is 18.2. The highest BCUT2D eigenvalue weighted by Crippen LogP contribution is 2.48. The topological polar surface area (TPSA) is 223 Å². The quantitative estimate of drug-likeness (QED) is 0.0254. The number of nitrogens with zero attached hydrogens (tertiary/aromatic N) is 4. The maximum absolute atomic E-state index is 14.7. The fraction of sp³-hybridized carbons (Fsp3) is 0.623. The molecule has 6 rings (SSSR count). The number of fused-ring (bicyclic) bond motifs is 4. The maximum atomic E-state index is 14.7. The predicted octanol–water partition coefficient (Wildman–Crippen LogP) is 11.0. The molecule has 0 saturated carbocycles. The number of halogens is 6. The summed E-state index contributed by atoms with van der Waals surface area (Å²) in [6.45, 7) is 24.9. The molecule has 470 valence electrons. The molecule has 0 bridgehead atoms. The molecule has 0 N–H and O–H groups in total. The van der Waals surface area contributed by atoms with Crippen molar-refractivity contribution in [3.63, 3.8) is 0 Å². The molecule has 84 heavy (non-hydrogen) atoms. The van der Waals surface area contributed by atoms with Crippen LogP contribution in [0.4, 0.5) is 37.7 Å². The van der Waals surface area contributed by atoms with Crippen molar-refractivity contribution in [1.82, 2.24) is 9.80 Å². The number of carbonyl (C=O) groups excluding carboxylic acids is 4. The molecule has 31 heteroatoms. The SMILES string of the molecule is COc1cc2c(cc1OCCCCCOc1cc3c(cc1O[Si](C(C)C)(C(C)C)C(C)C)C(=O)N1C=C(OS(=O)(=O)C(F)(F)F)C[C@H]1C(=O)N3COCC[Si](C)(C)C)N(COCC[Si](C)(C)C)C(=O)[C@@H]1CC(OS(=O)(=O)C(F)(F)F)=CN1C2=O. The Morgan fingerprint density at radius 1 is 0.548 bits per heavy atom. The van der Waals surface area contributed by atoms with Crippen molar-refractivity contribution in [2.24, 2.45) is 0 Å². The zero-order valence-electron chi connectivity index (χ0n) is 49.4. The Kier molecular flexibility index (Phi) is 20.9. The molecule has 20 nitrogen and oxygen atoms in total. The third-order valence-corrected chi connectivity index (χ3v) is 26.1. The van der Waals surface area contributed by atoms with E-state index < -0.39 is 116 Å². The number of ether oxygens (including phenoxy) is 5. The maximum Gasteiger partial charge on any atom is 0.534 e. The molecule has 2 aromatic rings. The lowest BCUT2D eigenvalue weighted by atomic mass is 10.1. The first-order valence-corrected chi connectivity index (χ1v) is 39.8. The lowest BCUT2D eigenvalue weighted by Crippen LogP contribution is -2.50. The number of benzene rings is 2. The van der Waals surface area contributed by atoms with Crippen LogP contribution >= 0.6 is 0 Å². The van der Waals surface area contributed by atoms with Crippen LogP contribution in [0.3, 0.4) is 0 Å². The van der Waals surface area contributed by atoms with Gasteiger partial charge in [-0.05, 0) is 60.1 Å². The number of anilines is 2. The Morgan fingerprint density at radius 3 is 1.26 bits per heavy atom. The van der Waals surface area contributed by atoms with E-state index in [-0.39, 0.29) is 102 Å². The second-order valence-corrected chi connectivity index (χ2v) is 44.0. The summed E-state index contributed by atoms with van der Waals surface area (Å²) in [5.74, 6) is -4.26. The van der Waals surface area contributed by atoms with Gasteiger partial charge in [0.2, 0.25) is 0 Å². The number of methoxy groups -OCH3 is 1. The van der Waals surface area contributed by atoms with Crippen LogP contribution in [0.1, 0.15) is 94.4 Å². The number of unbranched alkanes of at least 4 members (excludes halogenated alkanes) is 2. The lowest BCUT2D eigenvalue weighted by molar-refractivity contribution is -0.123. The van der Waals surface area contributed by atoms with Crippen molar-refractivity contribution in [2.45, 2.75) is 165 Å². The molecule has 0 aliphatic carbocycles. The summed E-state index contributed by atoms with van der Waals surface area (Å²) in [6.07, 6.45) is 1.51. The van der Waals surface area contributed by atoms with E-state index in [1.807, 2.05) is 0 Å². The number of rotatable bonds is 28. The summed E-state index contributed by atoms with van der Waals surface area (Å²) in [5, 5.41) is 0. The summed E-state index contributed by atoms with van der Waals surface area (Å²) in [6, 6.07) is 4.09. The Morgan fingerprint density at radius 2 is 0.917 bits per heavy atom. The Labute approximate surface area is 490 Å². The van der Waals surface area contributed by atoms with Gasteiger partial charge in [-0.15, -0.1) is 0 Å². The van der Waals surface area contributed by atoms with Gasteiger partial charge in [-0.25, -0.2) is 0 Å². The van der Waals surface area contributed by atoms with E-state index in [1.54, 1.807) is 0 Å². The van der Waals surface area contributed by atoms with E-state index in [9.17, 15) is 62.4 Å². The lowest BCUT2D eigenvalue weighted by Gasteiger charge is -2.42. The summed E-state index contributed by atoms with van der Waals surface area (Å²) >= 11 is 0. The highest BCUT2D eigenvalue weighted by molar-refractivity contribution is 7.88. The van der Waals surface area contributed by atoms with Crippen molar-refractivity contribution < 1.29 is 98.8 Å². The van der Waals surface area contributed by atoms with E-state index in [0.717, 1.165) is 27.1 Å². The largest absolute Gasteiger partial charge is 0.540 e. The second kappa shape index (κ2) is 25.9. The Bertz CT molecular complexity index is 3070. The average Bonchev–Trinajstić information content (AvgIpc) is 4.17. The minimum absolute atomic E-state index is 0.0231. The van der Waals surface area contributed by atoms with Crippen LogP contribution in [0.15, 0.2) is 48.2 Å². The van der Waals surface area contributed by atoms with Gasteiger partial charge in [-0.2, -0.15) is 43.2 Å². The van der Waals surface area contributed by atoms with Crippen LogP contribution < -0.4 is 28.4 Å². The minimum atomic E-state index is -6.15. The average molecular weight is 1290 g/mol. The van der Waals surface area contributed by atoms with Gasteiger partial charge in [0, 0.05) is 66.7 Å². The van der Waals surface area contributed by atoms with Crippen LogP contribution in [0, 0.1) is 0 Å². The van der Waals surface area contributed by atoms with Crippen molar-refractivity contribution in [1.29, 1.82) is 0 Å². The highest BCUT2D eigenvalue weighted by atomic mass is 32.2. The molecule has 0 fully saturated rings. The van der Waals surface area contributed by atoms with Crippen molar-refractivity contribution in [3.05, 3.63) is 59.3 Å². The van der Waals surface area contributed by atoms with Crippen LogP contribution in [-0.4, -0.2) is 145 Å². The smallest absolute Gasteiger partial charge is 0.534 e. The van der Waals surface area contributed by atoms with Gasteiger partial charge in [0.05, 0.1) is 42.8 Å². The van der Waals surface area contributed by atoms with Gasteiger partial charge in [0.15, 0.2) is 17.2 Å². The standard InChI is InChI=1S/C53H76F6N4O16S2Si3/c1-33(2)84(34(3)4,35(5)6)79-47-26-39-41(63(32-74-20-22-83(11,12)13)51(67)43-24-37(30-61(43)49(39)65)78-81(70,71)53(57,58)59)28-46(47)76-18-16-14-15-17-75-45-27-40-38(25-44(45)72-7)48(64)60-29-36(77-80(68,69)52(54,55)56)23-42(60)50(66)62(40)31-73-19-21-82(8,9)10/h25-30,33-35,42-43H,14-24,31-32H2,1-13H3/t42-,43-/m0/s1. The number of amides is 4. The third-order valence-electron chi connectivity index (χ3n) is 14.7. The fourth-order valence-corrected chi connectivity index (χ4v) is 18.1. The van der Waals surface area contributed by atoms with E-state index in [4.69, 9.17) is 28.1 Å². The van der Waals surface area contributed by atoms with Crippen LogP contribution in [-0.2, 0) is 47.7 Å². The minimum Gasteiger partial charge on any atom is -0.540 e. The first-order valence-electron chi connectivity index (χ1n) is 27.5. The highest BCUT2D eigenvalue weighted by Gasteiger charge is 2.54. The van der Waals surface area contributed by atoms with Gasteiger partial charge in [-0.1, -0.05) is 80.8 Å². The van der Waals surface area contributed by atoms with E-state index in [1.165, 1.54) is 36.3 Å². The number of hydrogen-bond acceptors (Lipinski definition) is 16. The van der Waals surface area contributed by atoms with E-state index in [2.05, 4.69) is 89.2 Å². The van der Waals surface area contributed by atoms with Gasteiger partial charge in [0.25, 0.3) is 31.9 Å². The van der Waals surface area contributed by atoms with Crippen LogP contribution in [0.25, 0.3) is 0 Å². The molecule has 0 unspecified atom stereocenters. The molecule has 4 heterocycles. The van der Waals surface area contributed by atoms with Gasteiger partial charge in [-0.3, -0.25) is 38.8 Å². The molecule has 4 amide bonds. The molecule has 4 aliphatic heterocycles. The summed E-state index contributed by atoms with van der Waals surface area (Å²) in [4.78, 5) is 61.8. The monoisotopic (exact) mass is 1290 g/mol. The van der Waals surface area contributed by atoms with Crippen LogP contribution in [0.2, 0.25) is 68.0 Å². The van der Waals surface area contributed by atoms with Crippen molar-refractivity contribution in [3.8, 4) is 23.0 Å².